The maximum atomic E-state index is 14.7. The molecule has 10 atom stereocenters. The van der Waals surface area contributed by atoms with Gasteiger partial charge in [0.25, 0.3) is 5.91 Å². The van der Waals surface area contributed by atoms with E-state index in [1.807, 2.05) is 0 Å². The van der Waals surface area contributed by atoms with Gasteiger partial charge < -0.3 is 57.5 Å². The third kappa shape index (κ3) is 14.8. The second-order valence-electron chi connectivity index (χ2n) is 15.9. The quantitative estimate of drug-likeness (QED) is 0.0299. The number of nitrogens with one attached hydrogen (secondary N) is 4. The molecule has 4 unspecified atom stereocenters. The van der Waals surface area contributed by atoms with E-state index in [0.717, 1.165) is 9.80 Å². The lowest BCUT2D eigenvalue weighted by atomic mass is 9.91. The van der Waals surface area contributed by atoms with Gasteiger partial charge in [-0.3, -0.25) is 38.3 Å². The van der Waals surface area contributed by atoms with Crippen LogP contribution in [0.15, 0.2) is 35.3 Å². The number of esters is 1. The number of guanidine groups is 1. The molecule has 2 bridgehead atoms. The highest BCUT2D eigenvalue weighted by Crippen LogP contribution is 2.28. The van der Waals surface area contributed by atoms with Gasteiger partial charge in [0, 0.05) is 20.0 Å². The van der Waals surface area contributed by atoms with E-state index in [2.05, 4.69) is 30.4 Å². The minimum Gasteiger partial charge on any atom is -0.458 e. The molecule has 0 aromatic heterocycles. The molecule has 1 aromatic rings. The Bertz CT molecular complexity index is 1930. The van der Waals surface area contributed by atoms with Gasteiger partial charge in [-0.05, 0) is 50.0 Å². The van der Waals surface area contributed by atoms with E-state index in [4.69, 9.17) is 20.8 Å². The number of aliphatic hydroxyl groups is 2. The largest absolute Gasteiger partial charge is 0.458 e. The molecule has 0 aliphatic carbocycles. The van der Waals surface area contributed by atoms with Crippen molar-refractivity contribution in [1.29, 1.82) is 0 Å². The second-order valence-corrected chi connectivity index (χ2v) is 17.0. The van der Waals surface area contributed by atoms with Crippen LogP contribution in [0, 0.1) is 11.8 Å². The minimum absolute atomic E-state index is 0.0156. The molecule has 352 valence electrons. The lowest BCUT2D eigenvalue weighted by molar-refractivity contribution is -0.168. The molecule has 2 aliphatic heterocycles. The Kier molecular flexibility index (Phi) is 19.2. The summed E-state index contributed by atoms with van der Waals surface area (Å²) in [4.78, 5) is 105. The van der Waals surface area contributed by atoms with E-state index in [0.29, 0.717) is 12.0 Å². The van der Waals surface area contributed by atoms with Crippen LogP contribution in [-0.4, -0.2) is 155 Å². The smallest absolute Gasteiger partial charge is 0.397 e. The second kappa shape index (κ2) is 23.3. The molecule has 11 N–H and O–H groups in total. The van der Waals surface area contributed by atoms with Crippen LogP contribution in [0.4, 0.5) is 0 Å². The van der Waals surface area contributed by atoms with Crippen molar-refractivity contribution in [2.45, 2.75) is 128 Å². The number of carbonyl (C=O) groups is 7. The number of nitrogens with two attached hydrogens (primary N) is 2. The summed E-state index contributed by atoms with van der Waals surface area (Å²) in [5, 5.41) is 31.6. The normalized spacial score (nSPS) is 26.8. The van der Waals surface area contributed by atoms with Gasteiger partial charge in [0.05, 0.1) is 0 Å². The number of aliphatic hydroxyl groups excluding tert-OH is 2. The van der Waals surface area contributed by atoms with Gasteiger partial charge in [-0.1, -0.05) is 64.4 Å². The average Bonchev–Trinajstić information content (AvgIpc) is 3.21. The zero-order valence-electron chi connectivity index (χ0n) is 36.1. The number of cyclic esters (lactones) is 1. The SMILES string of the molecule is CC[C@H](C)[C@H]1C(=O)N(C)C(Cc2ccccc2)C(=O)NC(C(C)C)C(=O)O[C@H](C)C(NC(=O)C(O)COS(=O)(=O)O)C(=O)N[C@@H](CCCN=C(N)N)C(=O)N[C@H]2CC[C@@H](O)N1C2=O. The average molecular weight is 912 g/mol. The first-order valence-corrected chi connectivity index (χ1v) is 21.9. The topological polar surface area (TPSA) is 352 Å². The van der Waals surface area contributed by atoms with Crippen LogP contribution in [0.25, 0.3) is 0 Å². The van der Waals surface area contributed by atoms with Crippen LogP contribution in [0.3, 0.4) is 0 Å². The zero-order chi connectivity index (χ0) is 47.3. The molecule has 63 heavy (non-hydrogen) atoms. The molecule has 6 amide bonds. The van der Waals surface area contributed by atoms with Crippen LogP contribution >= 0.6 is 0 Å². The number of fused-ring (bicyclic) bond motifs is 2. The van der Waals surface area contributed by atoms with Crippen LogP contribution in [0.5, 0.6) is 0 Å². The van der Waals surface area contributed by atoms with Gasteiger partial charge in [-0.15, -0.1) is 0 Å². The summed E-state index contributed by atoms with van der Waals surface area (Å²) >= 11 is 0. The number of ether oxygens (including phenoxy) is 1. The van der Waals surface area contributed by atoms with Crippen molar-refractivity contribution in [3.05, 3.63) is 35.9 Å². The Morgan fingerprint density at radius 2 is 1.65 bits per heavy atom. The number of aliphatic imine (C=N–C) groups is 1. The molecule has 2 aliphatic rings. The summed E-state index contributed by atoms with van der Waals surface area (Å²) in [5.74, 6) is -8.48. The van der Waals surface area contributed by atoms with Gasteiger partial charge in [0.2, 0.25) is 29.5 Å². The van der Waals surface area contributed by atoms with Crippen molar-refractivity contribution in [3.8, 4) is 0 Å². The Hall–Kier alpha value is -5.43. The van der Waals surface area contributed by atoms with Crippen LogP contribution in [0.2, 0.25) is 0 Å². The predicted molar refractivity (Wildman–Crippen MR) is 224 cm³/mol. The fourth-order valence-corrected chi connectivity index (χ4v) is 7.38. The van der Waals surface area contributed by atoms with Gasteiger partial charge in [0.1, 0.15) is 55.2 Å². The zero-order valence-corrected chi connectivity index (χ0v) is 36.9. The number of benzene rings is 1. The summed E-state index contributed by atoms with van der Waals surface area (Å²) in [6.45, 7) is 6.51. The third-order valence-corrected chi connectivity index (χ3v) is 11.3. The minimum atomic E-state index is -5.11. The van der Waals surface area contributed by atoms with Crippen LogP contribution in [0.1, 0.15) is 72.3 Å². The van der Waals surface area contributed by atoms with Crippen molar-refractivity contribution in [3.63, 3.8) is 0 Å². The van der Waals surface area contributed by atoms with E-state index >= 15 is 0 Å². The Labute approximate surface area is 366 Å². The number of rotatable bonds is 14. The number of hydrogen-bond donors (Lipinski definition) is 9. The van der Waals surface area contributed by atoms with E-state index < -0.39 is 125 Å². The van der Waals surface area contributed by atoms with E-state index in [1.165, 1.54) is 14.0 Å². The van der Waals surface area contributed by atoms with Crippen molar-refractivity contribution < 1.29 is 65.7 Å². The molecule has 0 radical (unpaired) electrons. The fourth-order valence-electron chi connectivity index (χ4n) is 7.08. The molecule has 2 saturated heterocycles. The maximum Gasteiger partial charge on any atom is 0.397 e. The summed E-state index contributed by atoms with van der Waals surface area (Å²) in [6, 6.07) is -0.175. The summed E-state index contributed by atoms with van der Waals surface area (Å²) in [7, 11) is -3.75. The summed E-state index contributed by atoms with van der Waals surface area (Å²) in [5.41, 5.74) is 11.5. The molecule has 2 heterocycles. The highest BCUT2D eigenvalue weighted by atomic mass is 32.3. The Morgan fingerprint density at radius 1 is 1.00 bits per heavy atom. The fraction of sp³-hybridized carbons (Fsp3) is 0.641. The predicted octanol–water partition coefficient (Wildman–Crippen LogP) is -2.81. The summed E-state index contributed by atoms with van der Waals surface area (Å²) < 4.78 is 40.9. The van der Waals surface area contributed by atoms with Crippen molar-refractivity contribution in [1.82, 2.24) is 31.1 Å². The summed E-state index contributed by atoms with van der Waals surface area (Å²) in [6.07, 6.45) is -5.41. The van der Waals surface area contributed by atoms with E-state index in [9.17, 15) is 52.2 Å². The molecule has 1 aromatic carbocycles. The Balaban J connectivity index is 2.22. The third-order valence-electron chi connectivity index (χ3n) is 10.9. The van der Waals surface area contributed by atoms with Crippen molar-refractivity contribution in [2.75, 3.05) is 20.2 Å². The van der Waals surface area contributed by atoms with Gasteiger partial charge in [-0.25, -0.2) is 8.98 Å². The first-order chi connectivity index (χ1) is 29.5. The number of nitrogens with zero attached hydrogens (tertiary/aromatic N) is 3. The highest BCUT2D eigenvalue weighted by Gasteiger charge is 2.47. The molecular formula is C39H61N9O14S. The number of hydrogen-bond acceptors (Lipinski definition) is 14. The van der Waals surface area contributed by atoms with Gasteiger partial charge in [-0.2, -0.15) is 8.42 Å². The molecule has 3 rings (SSSR count). The maximum absolute atomic E-state index is 14.7. The number of piperidine rings is 1. The van der Waals surface area contributed by atoms with Gasteiger partial charge in [0.15, 0.2) is 12.1 Å². The molecule has 2 fully saturated rings. The monoisotopic (exact) mass is 911 g/mol. The molecule has 23 nitrogen and oxygen atoms in total. The first kappa shape index (κ1) is 51.9. The van der Waals surface area contributed by atoms with Crippen LogP contribution in [-0.2, 0) is 59.3 Å². The Morgan fingerprint density at radius 3 is 2.24 bits per heavy atom. The lowest BCUT2D eigenvalue weighted by Crippen LogP contribution is -2.66. The lowest BCUT2D eigenvalue weighted by Gasteiger charge is -2.44. The van der Waals surface area contributed by atoms with Crippen molar-refractivity contribution in [2.24, 2.45) is 28.3 Å². The molecule has 0 spiro atoms. The highest BCUT2D eigenvalue weighted by molar-refractivity contribution is 7.80. The van der Waals surface area contributed by atoms with Crippen LogP contribution < -0.4 is 32.7 Å². The first-order valence-electron chi connectivity index (χ1n) is 20.5. The van der Waals surface area contributed by atoms with E-state index in [1.54, 1.807) is 58.0 Å². The standard InChI is InChI=1S/C39H61N9O14S/c1-7-21(4)31-37(56)47(6)26(18-23-12-9-8-10-13-23)33(52)45-29(20(2)3)38(57)62-22(5)30(46-34(53)27(49)19-61-63(58,59)60)35(54)43-24(14-11-17-42-39(40)41)32(51)44-25-15-16-28(50)48(31)36(25)55/h8-10,12-13,20-22,24-31,49-50H,7,11,14-19H2,1-6H3,(H,43,54)(H,44,51)(H,45,52)(H,46,53)(H4,40,41,42)(H,58,59,60)/t21-,22+,24-,25-,26?,27?,28+,29?,30?,31-/m0/s1. The van der Waals surface area contributed by atoms with Crippen molar-refractivity contribution >= 4 is 57.8 Å². The van der Waals surface area contributed by atoms with E-state index in [-0.39, 0.29) is 44.6 Å². The molecule has 24 heteroatoms. The number of carbonyl (C=O) groups excluding carboxylic acids is 7. The van der Waals surface area contributed by atoms with Gasteiger partial charge >= 0.3 is 16.4 Å². The number of amides is 6. The molecule has 0 saturated carbocycles. The molecular weight excluding hydrogens is 851 g/mol. The number of likely N-dealkylation sites (N-methyl/N-ethyl adjacent to an activating group) is 1.